The first-order valence-electron chi connectivity index (χ1n) is 12.6. The molecule has 5 heterocycles. The quantitative estimate of drug-likeness (QED) is 0.327. The van der Waals surface area contributed by atoms with Crippen molar-refractivity contribution >= 4 is 21.9 Å². The molecule has 2 N–H and O–H groups in total. The van der Waals surface area contributed by atoms with E-state index in [-0.39, 0.29) is 18.0 Å². The normalized spacial score (nSPS) is 16.5. The van der Waals surface area contributed by atoms with Gasteiger partial charge in [-0.2, -0.15) is 5.10 Å². The molecule has 6 aromatic rings. The standard InChI is InChI=1S/C28H24F2N8/c29-23-4-1-5-24(30)22(23)15-37-12-2-3-17(14-37)26-16-38(36-34-26)18-6-7-25-21(13-18)27(35-33-25)19-8-10-31-28-20(19)9-11-32-28/h1,4-11,13,16-17H,2-3,12,14-15H2,(H,31,32)(H,33,35)/t17-/m1/s1. The summed E-state index contributed by atoms with van der Waals surface area (Å²) in [6, 6.07) is 14.0. The SMILES string of the molecule is Fc1cccc(F)c1CN1CCC[C@@H](c2cn(-c3ccc4[nH]nc(-c5ccnc6[nH]ccc56)c4c3)nn2)C1. The second kappa shape index (κ2) is 9.14. The topological polar surface area (TPSA) is 91.3 Å². The highest BCUT2D eigenvalue weighted by Crippen LogP contribution is 2.33. The lowest BCUT2D eigenvalue weighted by Gasteiger charge is -2.31. The maximum atomic E-state index is 14.2. The number of likely N-dealkylation sites (tertiary alicyclic amines) is 1. The van der Waals surface area contributed by atoms with Crippen LogP contribution < -0.4 is 0 Å². The highest BCUT2D eigenvalue weighted by atomic mass is 19.1. The Morgan fingerprint density at radius 3 is 2.82 bits per heavy atom. The Morgan fingerprint density at radius 2 is 1.92 bits per heavy atom. The van der Waals surface area contributed by atoms with Gasteiger partial charge in [0.2, 0.25) is 0 Å². The summed E-state index contributed by atoms with van der Waals surface area (Å²) in [6.45, 7) is 1.71. The summed E-state index contributed by atoms with van der Waals surface area (Å²) in [5.74, 6) is -0.869. The van der Waals surface area contributed by atoms with Crippen LogP contribution in [0.2, 0.25) is 0 Å². The maximum absolute atomic E-state index is 14.2. The van der Waals surface area contributed by atoms with E-state index in [4.69, 9.17) is 0 Å². The third-order valence-electron chi connectivity index (χ3n) is 7.40. The van der Waals surface area contributed by atoms with Crippen LogP contribution in [0.15, 0.2) is 67.1 Å². The van der Waals surface area contributed by atoms with Crippen molar-refractivity contribution in [2.24, 2.45) is 0 Å². The molecule has 1 aliphatic heterocycles. The summed E-state index contributed by atoms with van der Waals surface area (Å²) >= 11 is 0. The predicted octanol–water partition coefficient (Wildman–Crippen LogP) is 5.34. The van der Waals surface area contributed by atoms with Crippen LogP contribution in [0, 0.1) is 11.6 Å². The molecule has 1 aliphatic rings. The predicted molar refractivity (Wildman–Crippen MR) is 140 cm³/mol. The molecule has 1 fully saturated rings. The molecule has 7 rings (SSSR count). The molecule has 2 aromatic carbocycles. The van der Waals surface area contributed by atoms with Crippen LogP contribution in [0.4, 0.5) is 8.78 Å². The summed E-state index contributed by atoms with van der Waals surface area (Å²) in [5.41, 5.74) is 5.44. The van der Waals surface area contributed by atoms with Crippen LogP contribution in [-0.4, -0.2) is 53.1 Å². The number of rotatable bonds is 5. The Labute approximate surface area is 216 Å². The zero-order valence-corrected chi connectivity index (χ0v) is 20.4. The number of aromatic nitrogens is 7. The number of nitrogens with zero attached hydrogens (tertiary/aromatic N) is 6. The van der Waals surface area contributed by atoms with Gasteiger partial charge >= 0.3 is 0 Å². The van der Waals surface area contributed by atoms with E-state index in [0.717, 1.165) is 64.0 Å². The molecule has 38 heavy (non-hydrogen) atoms. The Balaban J connectivity index is 1.16. The number of fused-ring (bicyclic) bond motifs is 2. The van der Waals surface area contributed by atoms with Gasteiger partial charge in [0, 0.05) is 53.3 Å². The number of benzene rings is 2. The van der Waals surface area contributed by atoms with Gasteiger partial charge in [0.15, 0.2) is 0 Å². The van der Waals surface area contributed by atoms with E-state index < -0.39 is 11.6 Å². The van der Waals surface area contributed by atoms with E-state index in [1.54, 1.807) is 10.9 Å². The average molecular weight is 511 g/mol. The average Bonchev–Trinajstić information content (AvgIpc) is 3.70. The summed E-state index contributed by atoms with van der Waals surface area (Å²) < 4.78 is 30.2. The molecular formula is C28H24F2N8. The fraction of sp³-hybridized carbons (Fsp3) is 0.214. The van der Waals surface area contributed by atoms with Crippen molar-refractivity contribution in [1.82, 2.24) is 40.1 Å². The molecule has 0 radical (unpaired) electrons. The van der Waals surface area contributed by atoms with Crippen molar-refractivity contribution in [3.05, 3.63) is 90.0 Å². The molecule has 0 amide bonds. The van der Waals surface area contributed by atoms with E-state index in [9.17, 15) is 8.78 Å². The van der Waals surface area contributed by atoms with Gasteiger partial charge in [-0.1, -0.05) is 11.3 Å². The molecule has 0 saturated carbocycles. The maximum Gasteiger partial charge on any atom is 0.137 e. The lowest BCUT2D eigenvalue weighted by molar-refractivity contribution is 0.194. The van der Waals surface area contributed by atoms with Crippen LogP contribution in [0.1, 0.15) is 30.0 Å². The molecule has 0 bridgehead atoms. The second-order valence-corrected chi connectivity index (χ2v) is 9.76. The van der Waals surface area contributed by atoms with Crippen molar-refractivity contribution < 1.29 is 8.78 Å². The minimum absolute atomic E-state index is 0.118. The van der Waals surface area contributed by atoms with Gasteiger partial charge in [-0.3, -0.25) is 10.00 Å². The second-order valence-electron chi connectivity index (χ2n) is 9.76. The number of nitrogens with one attached hydrogen (secondary N) is 2. The van der Waals surface area contributed by atoms with Gasteiger partial charge in [-0.05, 0) is 61.9 Å². The van der Waals surface area contributed by atoms with Gasteiger partial charge in [-0.25, -0.2) is 18.4 Å². The number of hydrogen-bond donors (Lipinski definition) is 2. The van der Waals surface area contributed by atoms with Crippen LogP contribution >= 0.6 is 0 Å². The highest BCUT2D eigenvalue weighted by Gasteiger charge is 2.25. The molecule has 0 spiro atoms. The molecule has 1 saturated heterocycles. The Morgan fingerprint density at radius 1 is 1.03 bits per heavy atom. The summed E-state index contributed by atoms with van der Waals surface area (Å²) in [7, 11) is 0. The molecule has 190 valence electrons. The third-order valence-corrected chi connectivity index (χ3v) is 7.40. The highest BCUT2D eigenvalue weighted by molar-refractivity contribution is 6.02. The summed E-state index contributed by atoms with van der Waals surface area (Å²) in [5, 5.41) is 18.6. The van der Waals surface area contributed by atoms with E-state index in [2.05, 4.69) is 41.4 Å². The summed E-state index contributed by atoms with van der Waals surface area (Å²) in [6.07, 6.45) is 7.48. The van der Waals surface area contributed by atoms with Gasteiger partial charge in [0.05, 0.1) is 23.1 Å². The van der Waals surface area contributed by atoms with Crippen molar-refractivity contribution in [2.75, 3.05) is 13.1 Å². The zero-order valence-electron chi connectivity index (χ0n) is 20.4. The van der Waals surface area contributed by atoms with Gasteiger partial charge in [-0.15, -0.1) is 5.10 Å². The van der Waals surface area contributed by atoms with Crippen molar-refractivity contribution in [3.63, 3.8) is 0 Å². The first-order valence-corrected chi connectivity index (χ1v) is 12.6. The van der Waals surface area contributed by atoms with Crippen molar-refractivity contribution in [1.29, 1.82) is 0 Å². The molecular weight excluding hydrogens is 486 g/mol. The van der Waals surface area contributed by atoms with Crippen molar-refractivity contribution in [2.45, 2.75) is 25.3 Å². The number of aromatic amines is 2. The number of H-pyrrole nitrogens is 2. The fourth-order valence-corrected chi connectivity index (χ4v) is 5.45. The lowest BCUT2D eigenvalue weighted by Crippen LogP contribution is -2.34. The fourth-order valence-electron chi connectivity index (χ4n) is 5.45. The van der Waals surface area contributed by atoms with Crippen LogP contribution in [-0.2, 0) is 6.54 Å². The number of hydrogen-bond acceptors (Lipinski definition) is 5. The Kier molecular flexibility index (Phi) is 5.47. The van der Waals surface area contributed by atoms with E-state index in [1.807, 2.05) is 36.7 Å². The number of halogens is 2. The van der Waals surface area contributed by atoms with E-state index >= 15 is 0 Å². The van der Waals surface area contributed by atoms with Gasteiger partial charge in [0.1, 0.15) is 23.0 Å². The minimum Gasteiger partial charge on any atom is -0.346 e. The smallest absolute Gasteiger partial charge is 0.137 e. The van der Waals surface area contributed by atoms with E-state index in [0.29, 0.717) is 6.54 Å². The zero-order chi connectivity index (χ0) is 25.6. The summed E-state index contributed by atoms with van der Waals surface area (Å²) in [4.78, 5) is 9.63. The van der Waals surface area contributed by atoms with Gasteiger partial charge in [0.25, 0.3) is 0 Å². The van der Waals surface area contributed by atoms with Crippen molar-refractivity contribution in [3.8, 4) is 16.9 Å². The molecule has 4 aromatic heterocycles. The van der Waals surface area contributed by atoms with Crippen LogP contribution in [0.5, 0.6) is 0 Å². The largest absolute Gasteiger partial charge is 0.346 e. The molecule has 0 unspecified atom stereocenters. The Bertz CT molecular complexity index is 1750. The van der Waals surface area contributed by atoms with Crippen LogP contribution in [0.3, 0.4) is 0 Å². The number of pyridine rings is 1. The van der Waals surface area contributed by atoms with E-state index in [1.165, 1.54) is 18.2 Å². The first-order chi connectivity index (χ1) is 18.6. The molecule has 10 heteroatoms. The minimum atomic E-state index is -0.504. The monoisotopic (exact) mass is 510 g/mol. The van der Waals surface area contributed by atoms with Gasteiger partial charge < -0.3 is 4.98 Å². The van der Waals surface area contributed by atoms with Crippen LogP contribution in [0.25, 0.3) is 38.9 Å². The Hall–Kier alpha value is -4.44. The lowest BCUT2D eigenvalue weighted by atomic mass is 9.95. The molecule has 1 atom stereocenters. The first kappa shape index (κ1) is 22.7. The molecule has 0 aliphatic carbocycles. The molecule has 8 nitrogen and oxygen atoms in total. The third kappa shape index (κ3) is 3.93. The number of piperidine rings is 1.